The van der Waals surface area contributed by atoms with E-state index in [4.69, 9.17) is 4.74 Å². The number of rotatable bonds is 10. The number of carbonyl (C=O) groups is 1. The smallest absolute Gasteiger partial charge is 0.251 e. The SMILES string of the molecule is CNCCCCNC(=O)c1ccc(Nc2nccn3c(-c4ccc(OC)c(F)c4)cnc23)cc1C. The second-order valence-corrected chi connectivity index (χ2v) is 8.18. The Morgan fingerprint density at radius 3 is 2.69 bits per heavy atom. The molecular formula is C26H29FN6O2. The van der Waals surface area contributed by atoms with Crippen LogP contribution in [0.5, 0.6) is 5.75 Å². The molecule has 0 saturated heterocycles. The van der Waals surface area contributed by atoms with Crippen molar-refractivity contribution in [3.63, 3.8) is 0 Å². The zero-order valence-electron chi connectivity index (χ0n) is 20.1. The Kier molecular flexibility index (Phi) is 7.57. The maximum atomic E-state index is 14.2. The molecule has 1 amide bonds. The number of aromatic nitrogens is 3. The molecule has 9 heteroatoms. The van der Waals surface area contributed by atoms with Crippen molar-refractivity contribution in [2.45, 2.75) is 19.8 Å². The maximum Gasteiger partial charge on any atom is 0.251 e. The Balaban J connectivity index is 1.52. The molecular weight excluding hydrogens is 447 g/mol. The van der Waals surface area contributed by atoms with E-state index >= 15 is 0 Å². The van der Waals surface area contributed by atoms with Crippen LogP contribution in [-0.4, -0.2) is 47.5 Å². The number of benzene rings is 2. The highest BCUT2D eigenvalue weighted by Crippen LogP contribution is 2.28. The first-order chi connectivity index (χ1) is 17.0. The van der Waals surface area contributed by atoms with Gasteiger partial charge in [-0.1, -0.05) is 0 Å². The number of hydrogen-bond acceptors (Lipinski definition) is 6. The number of imidazole rings is 1. The molecule has 4 rings (SSSR count). The first-order valence-electron chi connectivity index (χ1n) is 11.5. The van der Waals surface area contributed by atoms with Crippen LogP contribution in [0.3, 0.4) is 0 Å². The van der Waals surface area contributed by atoms with Crippen molar-refractivity contribution >= 4 is 23.1 Å². The standard InChI is InChI=1S/C26H29FN6O2/c1-17-14-19(7-8-20(17)26(34)30-11-5-4-10-28-2)32-24-25-31-16-22(33(25)13-12-29-24)18-6-9-23(35-3)21(27)15-18/h6-9,12-16,28H,4-5,10-11H2,1-3H3,(H,29,32)(H,30,34). The van der Waals surface area contributed by atoms with Crippen LogP contribution in [0.15, 0.2) is 55.0 Å². The molecule has 0 aliphatic carbocycles. The molecule has 2 aromatic heterocycles. The van der Waals surface area contributed by atoms with Crippen LogP contribution in [0.1, 0.15) is 28.8 Å². The second-order valence-electron chi connectivity index (χ2n) is 8.18. The van der Waals surface area contributed by atoms with Crippen LogP contribution in [0, 0.1) is 12.7 Å². The Morgan fingerprint density at radius 2 is 1.94 bits per heavy atom. The van der Waals surface area contributed by atoms with Crippen LogP contribution in [0.25, 0.3) is 16.9 Å². The van der Waals surface area contributed by atoms with E-state index in [0.29, 0.717) is 29.1 Å². The second kappa shape index (κ2) is 11.0. The van der Waals surface area contributed by atoms with Crippen molar-refractivity contribution in [3.05, 3.63) is 71.9 Å². The molecule has 0 unspecified atom stereocenters. The number of nitrogens with zero attached hydrogens (tertiary/aromatic N) is 3. The number of ether oxygens (including phenoxy) is 1. The molecule has 0 aliphatic heterocycles. The number of amides is 1. The molecule has 0 atom stereocenters. The first kappa shape index (κ1) is 24.2. The number of aryl methyl sites for hydroxylation is 1. The number of methoxy groups -OCH3 is 1. The molecule has 35 heavy (non-hydrogen) atoms. The van der Waals surface area contributed by atoms with Crippen LogP contribution in [0.2, 0.25) is 0 Å². The number of carbonyl (C=O) groups excluding carboxylic acids is 1. The predicted molar refractivity (Wildman–Crippen MR) is 135 cm³/mol. The highest BCUT2D eigenvalue weighted by Gasteiger charge is 2.14. The normalized spacial score (nSPS) is 11.0. The summed E-state index contributed by atoms with van der Waals surface area (Å²) in [6.45, 7) is 3.48. The molecule has 8 nitrogen and oxygen atoms in total. The average Bonchev–Trinajstić information content (AvgIpc) is 3.29. The lowest BCUT2D eigenvalue weighted by molar-refractivity contribution is 0.0952. The average molecular weight is 477 g/mol. The maximum absolute atomic E-state index is 14.2. The van der Waals surface area contributed by atoms with Crippen LogP contribution in [0.4, 0.5) is 15.9 Å². The third kappa shape index (κ3) is 5.41. The minimum atomic E-state index is -0.440. The third-order valence-corrected chi connectivity index (χ3v) is 5.75. The quantitative estimate of drug-likeness (QED) is 0.295. The van der Waals surface area contributed by atoms with E-state index < -0.39 is 5.82 Å². The summed E-state index contributed by atoms with van der Waals surface area (Å²) in [7, 11) is 3.35. The van der Waals surface area contributed by atoms with Crippen LogP contribution >= 0.6 is 0 Å². The van der Waals surface area contributed by atoms with E-state index in [1.165, 1.54) is 13.2 Å². The Bertz CT molecular complexity index is 1340. The van der Waals surface area contributed by atoms with Crippen molar-refractivity contribution in [1.29, 1.82) is 0 Å². The first-order valence-corrected chi connectivity index (χ1v) is 11.5. The van der Waals surface area contributed by atoms with Crippen molar-refractivity contribution < 1.29 is 13.9 Å². The van der Waals surface area contributed by atoms with E-state index in [1.807, 2.05) is 30.5 Å². The molecule has 4 aromatic rings. The highest BCUT2D eigenvalue weighted by molar-refractivity contribution is 5.96. The van der Waals surface area contributed by atoms with Gasteiger partial charge in [0.15, 0.2) is 23.0 Å². The van der Waals surface area contributed by atoms with Gasteiger partial charge in [0, 0.05) is 35.8 Å². The molecule has 3 N–H and O–H groups in total. The summed E-state index contributed by atoms with van der Waals surface area (Å²) in [6, 6.07) is 10.3. The number of fused-ring (bicyclic) bond motifs is 1. The number of hydrogen-bond donors (Lipinski definition) is 3. The summed E-state index contributed by atoms with van der Waals surface area (Å²) < 4.78 is 21.1. The molecule has 0 aliphatic rings. The van der Waals surface area contributed by atoms with Gasteiger partial charge in [-0.05, 0) is 75.3 Å². The zero-order valence-corrected chi connectivity index (χ0v) is 20.1. The zero-order chi connectivity index (χ0) is 24.8. The molecule has 0 fully saturated rings. The number of unbranched alkanes of at least 4 members (excludes halogenated alkanes) is 1. The molecule has 0 spiro atoms. The van der Waals surface area contributed by atoms with Crippen LogP contribution in [-0.2, 0) is 0 Å². The summed E-state index contributed by atoms with van der Waals surface area (Å²) >= 11 is 0. The van der Waals surface area contributed by atoms with Gasteiger partial charge < -0.3 is 20.7 Å². The largest absolute Gasteiger partial charge is 0.494 e. The molecule has 0 bridgehead atoms. The molecule has 182 valence electrons. The van der Waals surface area contributed by atoms with Crippen molar-refractivity contribution in [2.24, 2.45) is 0 Å². The van der Waals surface area contributed by atoms with Crippen molar-refractivity contribution in [1.82, 2.24) is 25.0 Å². The van der Waals surface area contributed by atoms with Gasteiger partial charge >= 0.3 is 0 Å². The summed E-state index contributed by atoms with van der Waals surface area (Å²) in [5, 5.41) is 9.36. The summed E-state index contributed by atoms with van der Waals surface area (Å²) in [5.74, 6) is 0.218. The molecule has 2 heterocycles. The number of nitrogens with one attached hydrogen (secondary N) is 3. The fourth-order valence-electron chi connectivity index (χ4n) is 3.90. The lowest BCUT2D eigenvalue weighted by Crippen LogP contribution is -2.25. The molecule has 2 aromatic carbocycles. The van der Waals surface area contributed by atoms with Gasteiger partial charge in [0.1, 0.15) is 0 Å². The van der Waals surface area contributed by atoms with Crippen LogP contribution < -0.4 is 20.7 Å². The van der Waals surface area contributed by atoms with E-state index in [0.717, 1.165) is 36.3 Å². The van der Waals surface area contributed by atoms with E-state index in [1.54, 1.807) is 36.8 Å². The van der Waals surface area contributed by atoms with E-state index in [2.05, 4.69) is 25.9 Å². The lowest BCUT2D eigenvalue weighted by Gasteiger charge is -2.12. The van der Waals surface area contributed by atoms with Gasteiger partial charge in [0.2, 0.25) is 0 Å². The van der Waals surface area contributed by atoms with Crippen molar-refractivity contribution in [3.8, 4) is 17.0 Å². The lowest BCUT2D eigenvalue weighted by atomic mass is 10.1. The summed E-state index contributed by atoms with van der Waals surface area (Å²) in [4.78, 5) is 21.5. The topological polar surface area (TPSA) is 92.6 Å². The highest BCUT2D eigenvalue weighted by atomic mass is 19.1. The van der Waals surface area contributed by atoms with E-state index in [9.17, 15) is 9.18 Å². The number of halogens is 1. The van der Waals surface area contributed by atoms with Gasteiger partial charge in [-0.3, -0.25) is 9.20 Å². The van der Waals surface area contributed by atoms with Gasteiger partial charge in [-0.25, -0.2) is 14.4 Å². The van der Waals surface area contributed by atoms with Gasteiger partial charge in [-0.2, -0.15) is 0 Å². The fourth-order valence-corrected chi connectivity index (χ4v) is 3.90. The Morgan fingerprint density at radius 1 is 1.11 bits per heavy atom. The Hall–Kier alpha value is -3.98. The van der Waals surface area contributed by atoms with Crippen molar-refractivity contribution in [2.75, 3.05) is 32.6 Å². The molecule has 0 radical (unpaired) electrons. The number of anilines is 2. The minimum Gasteiger partial charge on any atom is -0.494 e. The molecule has 0 saturated carbocycles. The van der Waals surface area contributed by atoms with Gasteiger partial charge in [0.25, 0.3) is 5.91 Å². The summed E-state index contributed by atoms with van der Waals surface area (Å²) in [6.07, 6.45) is 7.05. The minimum absolute atomic E-state index is 0.0802. The van der Waals surface area contributed by atoms with E-state index in [-0.39, 0.29) is 11.7 Å². The monoisotopic (exact) mass is 476 g/mol. The predicted octanol–water partition coefficient (Wildman–Crippen LogP) is 4.33. The summed E-state index contributed by atoms with van der Waals surface area (Å²) in [5.41, 5.74) is 4.27. The Labute approximate surface area is 203 Å². The van der Waals surface area contributed by atoms with Gasteiger partial charge in [-0.15, -0.1) is 0 Å². The third-order valence-electron chi connectivity index (χ3n) is 5.75. The van der Waals surface area contributed by atoms with Gasteiger partial charge in [0.05, 0.1) is 19.0 Å². The fraction of sp³-hybridized carbons (Fsp3) is 0.269.